The number of hydrogen-bond donors (Lipinski definition) is 1. The summed E-state index contributed by atoms with van der Waals surface area (Å²) in [5, 5.41) is 2.78. The van der Waals surface area contributed by atoms with Crippen LogP contribution in [-0.4, -0.2) is 33.7 Å². The number of thioether (sulfide) groups is 1. The molecule has 0 heterocycles. The largest absolute Gasteiger partial charge is 0.492 e. The Labute approximate surface area is 227 Å². The van der Waals surface area contributed by atoms with E-state index in [-0.39, 0.29) is 10.6 Å². The van der Waals surface area contributed by atoms with E-state index in [1.54, 1.807) is 72.8 Å². The van der Waals surface area contributed by atoms with Crippen molar-refractivity contribution >= 4 is 39.1 Å². The number of ether oxygens (including phenoxy) is 2. The zero-order chi connectivity index (χ0) is 27.0. The van der Waals surface area contributed by atoms with Crippen LogP contribution in [0.2, 0.25) is 0 Å². The molecule has 0 aromatic heterocycles. The van der Waals surface area contributed by atoms with Crippen LogP contribution < -0.4 is 19.1 Å². The molecule has 0 aliphatic rings. The van der Waals surface area contributed by atoms with Gasteiger partial charge < -0.3 is 14.8 Å². The van der Waals surface area contributed by atoms with Crippen molar-refractivity contribution in [1.29, 1.82) is 0 Å². The van der Waals surface area contributed by atoms with Gasteiger partial charge in [-0.05, 0) is 86.0 Å². The first-order valence-electron chi connectivity index (χ1n) is 11.9. The standard InChI is InChI=1S/C29H28N2O5S2/c1-3-35-28-12-8-7-11-27(28)31(38(33,34)26-19-17-25(37-2)18-20-26)21-29(32)30-22-13-15-24(16-14-22)36-23-9-5-4-6-10-23/h4-20H,3,21H2,1-2H3,(H,30,32). The molecule has 1 N–H and O–H groups in total. The number of rotatable bonds is 11. The molecule has 4 aromatic rings. The Balaban J connectivity index is 1.57. The van der Waals surface area contributed by atoms with Gasteiger partial charge in [-0.3, -0.25) is 9.10 Å². The summed E-state index contributed by atoms with van der Waals surface area (Å²) >= 11 is 1.51. The molecule has 38 heavy (non-hydrogen) atoms. The van der Waals surface area contributed by atoms with Gasteiger partial charge in [0, 0.05) is 10.6 Å². The van der Waals surface area contributed by atoms with E-state index in [1.807, 2.05) is 43.5 Å². The third-order valence-electron chi connectivity index (χ3n) is 5.49. The number of anilines is 2. The van der Waals surface area contributed by atoms with Crippen LogP contribution in [0.25, 0.3) is 0 Å². The van der Waals surface area contributed by atoms with Gasteiger partial charge in [0.25, 0.3) is 10.0 Å². The topological polar surface area (TPSA) is 84.9 Å². The molecule has 0 saturated carbocycles. The van der Waals surface area contributed by atoms with E-state index in [2.05, 4.69) is 5.32 Å². The van der Waals surface area contributed by atoms with Crippen LogP contribution in [0.15, 0.2) is 113 Å². The van der Waals surface area contributed by atoms with E-state index in [1.165, 1.54) is 11.8 Å². The van der Waals surface area contributed by atoms with Crippen LogP contribution in [-0.2, 0) is 14.8 Å². The number of carbonyl (C=O) groups is 1. The van der Waals surface area contributed by atoms with E-state index in [4.69, 9.17) is 9.47 Å². The van der Waals surface area contributed by atoms with Gasteiger partial charge in [0.2, 0.25) is 5.91 Å². The second kappa shape index (κ2) is 12.5. The molecule has 0 saturated heterocycles. The average molecular weight is 549 g/mol. The van der Waals surface area contributed by atoms with Crippen LogP contribution in [0.1, 0.15) is 6.92 Å². The highest BCUT2D eigenvalue weighted by Crippen LogP contribution is 2.33. The molecule has 0 radical (unpaired) electrons. The summed E-state index contributed by atoms with van der Waals surface area (Å²) in [7, 11) is -4.09. The van der Waals surface area contributed by atoms with Gasteiger partial charge in [0.15, 0.2) is 0 Å². The van der Waals surface area contributed by atoms with E-state index in [0.717, 1.165) is 9.20 Å². The molecule has 1 amide bonds. The molecule has 4 aromatic carbocycles. The number of sulfonamides is 1. The second-order valence-corrected chi connectivity index (χ2v) is 10.8. The normalized spacial score (nSPS) is 11.0. The van der Waals surface area contributed by atoms with Crippen LogP contribution in [0, 0.1) is 0 Å². The first kappa shape index (κ1) is 27.1. The van der Waals surface area contributed by atoms with Gasteiger partial charge in [0.1, 0.15) is 23.8 Å². The molecule has 0 bridgehead atoms. The molecule has 196 valence electrons. The van der Waals surface area contributed by atoms with Crippen molar-refractivity contribution in [2.45, 2.75) is 16.7 Å². The Kier molecular flexibility index (Phi) is 8.93. The summed E-state index contributed by atoms with van der Waals surface area (Å²) in [6.07, 6.45) is 1.92. The number of hydrogen-bond acceptors (Lipinski definition) is 6. The molecular weight excluding hydrogens is 520 g/mol. The van der Waals surface area contributed by atoms with Crippen molar-refractivity contribution in [3.63, 3.8) is 0 Å². The predicted octanol–water partition coefficient (Wildman–Crippen LogP) is 6.43. The summed E-state index contributed by atoms with van der Waals surface area (Å²) in [5.74, 6) is 1.17. The van der Waals surface area contributed by atoms with Crippen LogP contribution in [0.4, 0.5) is 11.4 Å². The molecule has 4 rings (SSSR count). The minimum Gasteiger partial charge on any atom is -0.492 e. The first-order chi connectivity index (χ1) is 18.4. The van der Waals surface area contributed by atoms with Gasteiger partial charge in [-0.2, -0.15) is 0 Å². The smallest absolute Gasteiger partial charge is 0.264 e. The lowest BCUT2D eigenvalue weighted by molar-refractivity contribution is -0.114. The number of nitrogens with one attached hydrogen (secondary N) is 1. The molecule has 0 atom stereocenters. The maximum Gasteiger partial charge on any atom is 0.264 e. The molecule has 7 nitrogen and oxygen atoms in total. The maximum absolute atomic E-state index is 13.8. The molecule has 9 heteroatoms. The molecule has 0 unspecified atom stereocenters. The predicted molar refractivity (Wildman–Crippen MR) is 152 cm³/mol. The Morgan fingerprint density at radius 3 is 2.13 bits per heavy atom. The molecule has 0 aliphatic carbocycles. The number of benzene rings is 4. The summed E-state index contributed by atoms with van der Waals surface area (Å²) in [5.41, 5.74) is 0.792. The Morgan fingerprint density at radius 1 is 0.842 bits per heavy atom. The van der Waals surface area contributed by atoms with Crippen molar-refractivity contribution in [1.82, 2.24) is 0 Å². The molecule has 0 aliphatic heterocycles. The van der Waals surface area contributed by atoms with Gasteiger partial charge in [-0.1, -0.05) is 30.3 Å². The Morgan fingerprint density at radius 2 is 1.47 bits per heavy atom. The lowest BCUT2D eigenvalue weighted by Crippen LogP contribution is -2.38. The van der Waals surface area contributed by atoms with Gasteiger partial charge in [-0.25, -0.2) is 8.42 Å². The quantitative estimate of drug-likeness (QED) is 0.217. The second-order valence-electron chi connectivity index (χ2n) is 8.08. The fraction of sp³-hybridized carbons (Fsp3) is 0.138. The van der Waals surface area contributed by atoms with E-state index >= 15 is 0 Å². The van der Waals surface area contributed by atoms with E-state index < -0.39 is 22.5 Å². The van der Waals surface area contributed by atoms with Gasteiger partial charge >= 0.3 is 0 Å². The zero-order valence-corrected chi connectivity index (χ0v) is 22.7. The minimum absolute atomic E-state index is 0.0804. The van der Waals surface area contributed by atoms with Crippen molar-refractivity contribution < 1.29 is 22.7 Å². The highest BCUT2D eigenvalue weighted by molar-refractivity contribution is 7.98. The van der Waals surface area contributed by atoms with Crippen molar-refractivity contribution in [2.24, 2.45) is 0 Å². The number of para-hydroxylation sites is 3. The van der Waals surface area contributed by atoms with E-state index in [9.17, 15) is 13.2 Å². The molecule has 0 fully saturated rings. The molecule has 0 spiro atoms. The fourth-order valence-electron chi connectivity index (χ4n) is 3.68. The minimum atomic E-state index is -4.09. The number of carbonyl (C=O) groups excluding carboxylic acids is 1. The van der Waals surface area contributed by atoms with Crippen LogP contribution in [0.3, 0.4) is 0 Å². The highest BCUT2D eigenvalue weighted by Gasteiger charge is 2.29. The van der Waals surface area contributed by atoms with Crippen molar-refractivity contribution in [3.8, 4) is 17.2 Å². The van der Waals surface area contributed by atoms with Crippen LogP contribution >= 0.6 is 11.8 Å². The lowest BCUT2D eigenvalue weighted by atomic mass is 10.2. The van der Waals surface area contributed by atoms with Crippen molar-refractivity contribution in [3.05, 3.63) is 103 Å². The SMILES string of the molecule is CCOc1ccccc1N(CC(=O)Nc1ccc(Oc2ccccc2)cc1)S(=O)(=O)c1ccc(SC)cc1. The lowest BCUT2D eigenvalue weighted by Gasteiger charge is -2.26. The fourth-order valence-corrected chi connectivity index (χ4v) is 5.52. The number of amides is 1. The first-order valence-corrected chi connectivity index (χ1v) is 14.6. The highest BCUT2D eigenvalue weighted by atomic mass is 32.2. The third-order valence-corrected chi connectivity index (χ3v) is 8.00. The van der Waals surface area contributed by atoms with Crippen LogP contribution in [0.5, 0.6) is 17.2 Å². The van der Waals surface area contributed by atoms with E-state index in [0.29, 0.717) is 29.5 Å². The van der Waals surface area contributed by atoms with Gasteiger partial charge in [0.05, 0.1) is 17.2 Å². The van der Waals surface area contributed by atoms with Gasteiger partial charge in [-0.15, -0.1) is 11.8 Å². The Hall–Kier alpha value is -3.95. The summed E-state index contributed by atoms with van der Waals surface area (Å²) in [4.78, 5) is 14.1. The number of nitrogens with zero attached hydrogens (tertiary/aromatic N) is 1. The average Bonchev–Trinajstić information content (AvgIpc) is 2.94. The summed E-state index contributed by atoms with van der Waals surface area (Å²) < 4.78 is 40.1. The summed E-state index contributed by atoms with van der Waals surface area (Å²) in [6, 6.07) is 29.6. The monoisotopic (exact) mass is 548 g/mol. The van der Waals surface area contributed by atoms with Crippen molar-refractivity contribution in [2.75, 3.05) is 29.0 Å². The summed E-state index contributed by atoms with van der Waals surface area (Å²) in [6.45, 7) is 1.71. The third kappa shape index (κ3) is 6.67. The zero-order valence-electron chi connectivity index (χ0n) is 21.0. The molecular formula is C29H28N2O5S2. The Bertz CT molecular complexity index is 1460. The maximum atomic E-state index is 13.8.